The molecule has 114 valence electrons. The summed E-state index contributed by atoms with van der Waals surface area (Å²) < 4.78 is 5.59. The highest BCUT2D eigenvalue weighted by Crippen LogP contribution is 2.29. The van der Waals surface area contributed by atoms with Crippen molar-refractivity contribution in [1.82, 2.24) is 10.2 Å². The van der Waals surface area contributed by atoms with Gasteiger partial charge in [-0.25, -0.2) is 0 Å². The van der Waals surface area contributed by atoms with E-state index in [1.165, 1.54) is 12.8 Å². The van der Waals surface area contributed by atoms with Crippen molar-refractivity contribution in [3.05, 3.63) is 29.8 Å². The summed E-state index contributed by atoms with van der Waals surface area (Å²) in [5.41, 5.74) is 1.06. The first kappa shape index (κ1) is 14.4. The lowest BCUT2D eigenvalue weighted by Crippen LogP contribution is -2.46. The number of benzene rings is 1. The third-order valence-corrected chi connectivity index (χ3v) is 4.41. The predicted octanol–water partition coefficient (Wildman–Crippen LogP) is 2.12. The molecule has 1 aliphatic carbocycles. The van der Waals surface area contributed by atoms with Crippen molar-refractivity contribution >= 4 is 5.91 Å². The Labute approximate surface area is 126 Å². The van der Waals surface area contributed by atoms with Gasteiger partial charge in [0, 0.05) is 25.2 Å². The maximum Gasteiger partial charge on any atom is 0.258 e. The van der Waals surface area contributed by atoms with Crippen LogP contribution in [-0.4, -0.2) is 42.6 Å². The number of carbonyl (C=O) groups is 1. The first-order chi connectivity index (χ1) is 10.2. The standard InChI is InChI=1S/C17H24N2O2/c1-13-4-2-3-5-16(13)21-12-17(20)18-14-8-10-19(11-9-14)15-6-7-15/h2-5,14-15H,6-12H2,1H3,(H,18,20). The number of ether oxygens (including phenoxy) is 1. The second kappa shape index (κ2) is 6.48. The Morgan fingerprint density at radius 2 is 1.95 bits per heavy atom. The molecule has 1 aromatic carbocycles. The predicted molar refractivity (Wildman–Crippen MR) is 82.4 cm³/mol. The number of piperidine rings is 1. The Kier molecular flexibility index (Phi) is 4.44. The summed E-state index contributed by atoms with van der Waals surface area (Å²) in [6.45, 7) is 4.33. The van der Waals surface area contributed by atoms with Crippen LogP contribution in [0.1, 0.15) is 31.2 Å². The van der Waals surface area contributed by atoms with Gasteiger partial charge in [0.2, 0.25) is 0 Å². The quantitative estimate of drug-likeness (QED) is 0.902. The fraction of sp³-hybridized carbons (Fsp3) is 0.588. The Morgan fingerprint density at radius 3 is 2.62 bits per heavy atom. The normalized spacial score (nSPS) is 20.2. The van der Waals surface area contributed by atoms with Crippen LogP contribution in [0, 0.1) is 6.92 Å². The number of hydrogen-bond acceptors (Lipinski definition) is 3. The zero-order valence-corrected chi connectivity index (χ0v) is 12.7. The molecule has 1 amide bonds. The first-order valence-corrected chi connectivity index (χ1v) is 7.94. The molecule has 1 N–H and O–H groups in total. The zero-order valence-electron chi connectivity index (χ0n) is 12.7. The van der Waals surface area contributed by atoms with Crippen LogP contribution in [0.4, 0.5) is 0 Å². The Balaban J connectivity index is 1.39. The molecule has 4 nitrogen and oxygen atoms in total. The van der Waals surface area contributed by atoms with Crippen LogP contribution in [0.15, 0.2) is 24.3 Å². The van der Waals surface area contributed by atoms with E-state index in [1.807, 2.05) is 31.2 Å². The molecular formula is C17H24N2O2. The van der Waals surface area contributed by atoms with E-state index < -0.39 is 0 Å². The van der Waals surface area contributed by atoms with E-state index in [2.05, 4.69) is 10.2 Å². The summed E-state index contributed by atoms with van der Waals surface area (Å²) in [5.74, 6) is 0.777. The van der Waals surface area contributed by atoms with Crippen LogP contribution >= 0.6 is 0 Å². The molecule has 1 saturated carbocycles. The summed E-state index contributed by atoms with van der Waals surface area (Å²) in [4.78, 5) is 14.5. The number of nitrogens with zero attached hydrogens (tertiary/aromatic N) is 1. The fourth-order valence-corrected chi connectivity index (χ4v) is 2.98. The number of carbonyl (C=O) groups excluding carboxylic acids is 1. The molecule has 2 aliphatic rings. The Hall–Kier alpha value is -1.55. The van der Waals surface area contributed by atoms with Gasteiger partial charge in [-0.15, -0.1) is 0 Å². The minimum absolute atomic E-state index is 0.0110. The Bertz CT molecular complexity index is 491. The number of hydrogen-bond donors (Lipinski definition) is 1. The maximum atomic E-state index is 12.0. The lowest BCUT2D eigenvalue weighted by molar-refractivity contribution is -0.124. The van der Waals surface area contributed by atoms with Crippen molar-refractivity contribution in [3.63, 3.8) is 0 Å². The van der Waals surface area contributed by atoms with Crippen molar-refractivity contribution < 1.29 is 9.53 Å². The lowest BCUT2D eigenvalue weighted by atomic mass is 10.0. The topological polar surface area (TPSA) is 41.6 Å². The highest BCUT2D eigenvalue weighted by atomic mass is 16.5. The van der Waals surface area contributed by atoms with Crippen molar-refractivity contribution in [1.29, 1.82) is 0 Å². The summed E-state index contributed by atoms with van der Waals surface area (Å²) in [7, 11) is 0. The van der Waals surface area contributed by atoms with Gasteiger partial charge in [-0.05, 0) is 44.2 Å². The maximum absolute atomic E-state index is 12.0. The highest BCUT2D eigenvalue weighted by Gasteiger charge is 2.32. The SMILES string of the molecule is Cc1ccccc1OCC(=O)NC1CCN(C2CC2)CC1. The van der Waals surface area contributed by atoms with Gasteiger partial charge in [0.25, 0.3) is 5.91 Å². The zero-order chi connectivity index (χ0) is 14.7. The molecule has 1 aromatic rings. The van der Waals surface area contributed by atoms with Gasteiger partial charge in [-0.3, -0.25) is 4.79 Å². The van der Waals surface area contributed by atoms with E-state index >= 15 is 0 Å². The molecule has 21 heavy (non-hydrogen) atoms. The third-order valence-electron chi connectivity index (χ3n) is 4.41. The molecule has 0 unspecified atom stereocenters. The van der Waals surface area contributed by atoms with E-state index in [-0.39, 0.29) is 12.5 Å². The van der Waals surface area contributed by atoms with Crippen LogP contribution < -0.4 is 10.1 Å². The molecule has 0 spiro atoms. The van der Waals surface area contributed by atoms with Crippen LogP contribution in [-0.2, 0) is 4.79 Å². The van der Waals surface area contributed by atoms with E-state index in [0.29, 0.717) is 6.04 Å². The van der Waals surface area contributed by atoms with Gasteiger partial charge >= 0.3 is 0 Å². The van der Waals surface area contributed by atoms with E-state index in [9.17, 15) is 4.79 Å². The average molecular weight is 288 g/mol. The van der Waals surface area contributed by atoms with Gasteiger partial charge in [0.15, 0.2) is 6.61 Å². The van der Waals surface area contributed by atoms with Gasteiger partial charge < -0.3 is 15.0 Å². The Morgan fingerprint density at radius 1 is 1.24 bits per heavy atom. The minimum atomic E-state index is -0.0110. The molecular weight excluding hydrogens is 264 g/mol. The molecule has 0 bridgehead atoms. The van der Waals surface area contributed by atoms with Gasteiger partial charge in [0.05, 0.1) is 0 Å². The largest absolute Gasteiger partial charge is 0.484 e. The smallest absolute Gasteiger partial charge is 0.258 e. The second-order valence-corrected chi connectivity index (χ2v) is 6.16. The summed E-state index contributed by atoms with van der Waals surface area (Å²) in [6, 6.07) is 8.93. The molecule has 1 saturated heterocycles. The molecule has 2 fully saturated rings. The molecule has 1 heterocycles. The van der Waals surface area contributed by atoms with E-state index in [4.69, 9.17) is 4.74 Å². The van der Waals surface area contributed by atoms with Crippen LogP contribution in [0.5, 0.6) is 5.75 Å². The van der Waals surface area contributed by atoms with Crippen LogP contribution in [0.2, 0.25) is 0 Å². The molecule has 3 rings (SSSR count). The number of nitrogens with one attached hydrogen (secondary N) is 1. The molecule has 0 aromatic heterocycles. The monoisotopic (exact) mass is 288 g/mol. The summed E-state index contributed by atoms with van der Waals surface area (Å²) in [5, 5.41) is 3.10. The molecule has 0 atom stereocenters. The molecule has 4 heteroatoms. The second-order valence-electron chi connectivity index (χ2n) is 6.16. The van der Waals surface area contributed by atoms with Gasteiger partial charge in [-0.2, -0.15) is 0 Å². The first-order valence-electron chi connectivity index (χ1n) is 7.94. The number of amides is 1. The fourth-order valence-electron chi connectivity index (χ4n) is 2.98. The van der Waals surface area contributed by atoms with Crippen molar-refractivity contribution in [2.75, 3.05) is 19.7 Å². The van der Waals surface area contributed by atoms with Gasteiger partial charge in [-0.1, -0.05) is 18.2 Å². The highest BCUT2D eigenvalue weighted by molar-refractivity contribution is 5.77. The van der Waals surface area contributed by atoms with Crippen molar-refractivity contribution in [3.8, 4) is 5.75 Å². The van der Waals surface area contributed by atoms with Crippen LogP contribution in [0.3, 0.4) is 0 Å². The van der Waals surface area contributed by atoms with E-state index in [0.717, 1.165) is 43.3 Å². The number of aryl methyl sites for hydroxylation is 1. The van der Waals surface area contributed by atoms with Gasteiger partial charge in [0.1, 0.15) is 5.75 Å². The van der Waals surface area contributed by atoms with E-state index in [1.54, 1.807) is 0 Å². The minimum Gasteiger partial charge on any atom is -0.484 e. The number of para-hydroxylation sites is 1. The summed E-state index contributed by atoms with van der Waals surface area (Å²) in [6.07, 6.45) is 4.85. The van der Waals surface area contributed by atoms with Crippen molar-refractivity contribution in [2.45, 2.75) is 44.7 Å². The third kappa shape index (κ3) is 3.97. The molecule has 1 aliphatic heterocycles. The lowest BCUT2D eigenvalue weighted by Gasteiger charge is -2.32. The van der Waals surface area contributed by atoms with Crippen LogP contribution in [0.25, 0.3) is 0 Å². The van der Waals surface area contributed by atoms with Crippen molar-refractivity contribution in [2.24, 2.45) is 0 Å². The summed E-state index contributed by atoms with van der Waals surface area (Å²) >= 11 is 0. The average Bonchev–Trinajstić information content (AvgIpc) is 3.32. The number of rotatable bonds is 5. The molecule has 0 radical (unpaired) electrons. The number of likely N-dealkylation sites (tertiary alicyclic amines) is 1.